The number of nitrogens with zero attached hydrogens (tertiary/aromatic N) is 3. The Balaban J connectivity index is 1.83. The van der Waals surface area contributed by atoms with Gasteiger partial charge >= 0.3 is 0 Å². The Morgan fingerprint density at radius 3 is 0.641 bits per heavy atom. The van der Waals surface area contributed by atoms with Crippen LogP contribution in [-0.2, 0) is 0 Å². The van der Waals surface area contributed by atoms with Crippen LogP contribution in [0, 0.1) is 0 Å². The van der Waals surface area contributed by atoms with Crippen LogP contribution in [-0.4, -0.2) is 13.7 Å². The molecule has 0 radical (unpaired) electrons. The molecule has 9 heteroatoms. The molecule has 0 aliphatic heterocycles. The zero-order chi connectivity index (χ0) is 27.0. The maximum Gasteiger partial charge on any atom is 0.267 e. The summed E-state index contributed by atoms with van der Waals surface area (Å²) in [5, 5.41) is -2.14. The van der Waals surface area contributed by atoms with Gasteiger partial charge in [0.05, 0.1) is 49.4 Å². The molecule has 0 unspecified atom stereocenters. The Bertz CT molecular complexity index is 2020. The lowest BCUT2D eigenvalue weighted by molar-refractivity contribution is 0.987. The standard InChI is InChI=1S/C30H15N3O6/c34-25-19-20(26(35)31(25)16-10-4-1-5-11-16)22-24(30(39)33(28(22)37)18-14-8-3-9-15-18)23-21(19)27(36)32(29(23)38)17-12-6-2-7-13-17/h1-15H. The van der Waals surface area contributed by atoms with Gasteiger partial charge in [-0.15, -0.1) is 0 Å². The summed E-state index contributed by atoms with van der Waals surface area (Å²) >= 11 is 0. The number of hydrogen-bond donors (Lipinski definition) is 0. The number of benzene rings is 4. The van der Waals surface area contributed by atoms with Crippen LogP contribution < -0.4 is 33.4 Å². The van der Waals surface area contributed by atoms with E-state index in [1.165, 1.54) is 36.4 Å². The molecule has 9 nitrogen and oxygen atoms in total. The van der Waals surface area contributed by atoms with Gasteiger partial charge in [0.2, 0.25) is 0 Å². The molecule has 39 heavy (non-hydrogen) atoms. The Morgan fingerprint density at radius 1 is 0.282 bits per heavy atom. The van der Waals surface area contributed by atoms with Crippen LogP contribution in [0.3, 0.4) is 0 Å². The van der Waals surface area contributed by atoms with Crippen LogP contribution in [0.4, 0.5) is 0 Å². The van der Waals surface area contributed by atoms with E-state index < -0.39 is 33.4 Å². The summed E-state index contributed by atoms with van der Waals surface area (Å²) in [6.45, 7) is 0. The van der Waals surface area contributed by atoms with Gasteiger partial charge < -0.3 is 0 Å². The molecule has 0 aliphatic rings. The molecule has 0 atom stereocenters. The third-order valence-corrected chi connectivity index (χ3v) is 7.04. The Hall–Kier alpha value is -5.70. The first-order chi connectivity index (χ1) is 18.9. The monoisotopic (exact) mass is 513 g/mol. The van der Waals surface area contributed by atoms with E-state index in [2.05, 4.69) is 0 Å². The highest BCUT2D eigenvalue weighted by atomic mass is 16.2. The fourth-order valence-corrected chi connectivity index (χ4v) is 5.42. The predicted octanol–water partition coefficient (Wildman–Crippen LogP) is 1.99. The highest BCUT2D eigenvalue weighted by molar-refractivity contribution is 6.25. The molecule has 0 fully saturated rings. The number of fused-ring (bicyclic) bond motifs is 6. The summed E-state index contributed by atoms with van der Waals surface area (Å²) in [5.41, 5.74) is -4.45. The van der Waals surface area contributed by atoms with Crippen molar-refractivity contribution >= 4 is 32.3 Å². The van der Waals surface area contributed by atoms with E-state index in [4.69, 9.17) is 0 Å². The molecule has 3 heterocycles. The number of para-hydroxylation sites is 3. The summed E-state index contributed by atoms with van der Waals surface area (Å²) in [6.07, 6.45) is 0. The molecular formula is C30H15N3O6. The van der Waals surface area contributed by atoms with Gasteiger partial charge in [0.25, 0.3) is 33.4 Å². The lowest BCUT2D eigenvalue weighted by Gasteiger charge is -1.98. The van der Waals surface area contributed by atoms with Gasteiger partial charge in [-0.05, 0) is 36.4 Å². The quantitative estimate of drug-likeness (QED) is 0.357. The van der Waals surface area contributed by atoms with Crippen molar-refractivity contribution in [2.45, 2.75) is 0 Å². The first-order valence-electron chi connectivity index (χ1n) is 12.0. The van der Waals surface area contributed by atoms with E-state index >= 15 is 0 Å². The van der Waals surface area contributed by atoms with Crippen molar-refractivity contribution in [2.24, 2.45) is 0 Å². The van der Waals surface area contributed by atoms with Crippen LogP contribution in [0.15, 0.2) is 120 Å². The summed E-state index contributed by atoms with van der Waals surface area (Å²) < 4.78 is 2.57. The summed E-state index contributed by atoms with van der Waals surface area (Å²) in [7, 11) is 0. The van der Waals surface area contributed by atoms with Crippen molar-refractivity contribution in [1.29, 1.82) is 0 Å². The third-order valence-electron chi connectivity index (χ3n) is 7.04. The average Bonchev–Trinajstić information content (AvgIpc) is 3.48. The molecular weight excluding hydrogens is 498 g/mol. The van der Waals surface area contributed by atoms with Crippen molar-refractivity contribution in [3.05, 3.63) is 153 Å². The maximum absolute atomic E-state index is 13.8. The minimum Gasteiger partial charge on any atom is -0.268 e. The molecule has 0 spiro atoms. The second-order valence-electron chi connectivity index (χ2n) is 9.09. The van der Waals surface area contributed by atoms with Crippen molar-refractivity contribution in [3.8, 4) is 17.1 Å². The highest BCUT2D eigenvalue weighted by Crippen LogP contribution is 2.27. The Kier molecular flexibility index (Phi) is 4.55. The topological polar surface area (TPSA) is 117 Å². The van der Waals surface area contributed by atoms with E-state index in [0.717, 1.165) is 13.7 Å². The van der Waals surface area contributed by atoms with Gasteiger partial charge in [0.1, 0.15) is 0 Å². The van der Waals surface area contributed by atoms with Crippen molar-refractivity contribution in [2.75, 3.05) is 0 Å². The van der Waals surface area contributed by atoms with Crippen LogP contribution in [0.2, 0.25) is 0 Å². The van der Waals surface area contributed by atoms with Gasteiger partial charge in [-0.3, -0.25) is 28.8 Å². The molecule has 0 bridgehead atoms. The molecule has 4 aromatic carbocycles. The third kappa shape index (κ3) is 2.83. The van der Waals surface area contributed by atoms with Gasteiger partial charge in [0.15, 0.2) is 0 Å². The second kappa shape index (κ2) is 7.90. The zero-order valence-corrected chi connectivity index (χ0v) is 20.0. The van der Waals surface area contributed by atoms with E-state index in [9.17, 15) is 28.8 Å². The van der Waals surface area contributed by atoms with E-state index in [0.29, 0.717) is 0 Å². The molecule has 0 saturated carbocycles. The number of aromatic nitrogens is 3. The molecule has 7 aromatic rings. The van der Waals surface area contributed by atoms with Gasteiger partial charge in [-0.2, -0.15) is 0 Å². The minimum atomic E-state index is -0.852. The van der Waals surface area contributed by atoms with Crippen LogP contribution in [0.25, 0.3) is 49.4 Å². The molecule has 3 aromatic heterocycles. The van der Waals surface area contributed by atoms with Crippen molar-refractivity contribution < 1.29 is 0 Å². The van der Waals surface area contributed by atoms with E-state index in [-0.39, 0.29) is 49.4 Å². The van der Waals surface area contributed by atoms with E-state index in [1.807, 2.05) is 0 Å². The predicted molar refractivity (Wildman–Crippen MR) is 148 cm³/mol. The molecule has 0 aliphatic carbocycles. The Morgan fingerprint density at radius 2 is 0.462 bits per heavy atom. The molecule has 0 N–H and O–H groups in total. The van der Waals surface area contributed by atoms with Crippen molar-refractivity contribution in [1.82, 2.24) is 13.7 Å². The molecule has 186 valence electrons. The highest BCUT2D eigenvalue weighted by Gasteiger charge is 2.31. The summed E-state index contributed by atoms with van der Waals surface area (Å²) in [6, 6.07) is 24.1. The SMILES string of the molecule is O=c1c2c3c(=O)n(-c4ccccc4)c(=O)c3c3c(=O)n(-c4ccccc4)c(=O)c3c2c(=O)n1-c1ccccc1. The van der Waals surface area contributed by atoms with Gasteiger partial charge in [-0.1, -0.05) is 54.6 Å². The minimum absolute atomic E-state index is 0.222. The number of hydrogen-bond acceptors (Lipinski definition) is 6. The molecule has 0 amide bonds. The lowest BCUT2D eigenvalue weighted by atomic mass is 10.0. The fraction of sp³-hybridized carbons (Fsp3) is 0. The smallest absolute Gasteiger partial charge is 0.267 e. The van der Waals surface area contributed by atoms with Crippen LogP contribution in [0.1, 0.15) is 0 Å². The first-order valence-corrected chi connectivity index (χ1v) is 12.0. The molecule has 7 rings (SSSR count). The second-order valence-corrected chi connectivity index (χ2v) is 9.09. The maximum atomic E-state index is 13.8. The summed E-state index contributed by atoms with van der Waals surface area (Å²) in [4.78, 5) is 82.9. The number of rotatable bonds is 3. The van der Waals surface area contributed by atoms with Gasteiger partial charge in [-0.25, -0.2) is 13.7 Å². The van der Waals surface area contributed by atoms with Crippen LogP contribution >= 0.6 is 0 Å². The summed E-state index contributed by atoms with van der Waals surface area (Å²) in [5.74, 6) is 0. The van der Waals surface area contributed by atoms with Gasteiger partial charge in [0, 0.05) is 0 Å². The zero-order valence-electron chi connectivity index (χ0n) is 20.0. The normalized spacial score (nSPS) is 11.7. The largest absolute Gasteiger partial charge is 0.268 e. The van der Waals surface area contributed by atoms with Crippen LogP contribution in [0.5, 0.6) is 0 Å². The average molecular weight is 513 g/mol. The lowest BCUT2D eigenvalue weighted by Crippen LogP contribution is -2.24. The molecule has 0 saturated heterocycles. The fourth-order valence-electron chi connectivity index (χ4n) is 5.42. The Labute approximate surface area is 216 Å². The first kappa shape index (κ1) is 22.5. The van der Waals surface area contributed by atoms with E-state index in [1.54, 1.807) is 54.6 Å². The van der Waals surface area contributed by atoms with Crippen molar-refractivity contribution in [3.63, 3.8) is 0 Å².